The number of rotatable bonds is 16. The van der Waals surface area contributed by atoms with Crippen molar-refractivity contribution in [3.8, 4) is 28.3 Å². The van der Waals surface area contributed by atoms with E-state index in [1.807, 2.05) is 31.2 Å². The first-order chi connectivity index (χ1) is 19.7. The highest BCUT2D eigenvalue weighted by Gasteiger charge is 2.44. The average Bonchev–Trinajstić information content (AvgIpc) is 2.97. The van der Waals surface area contributed by atoms with E-state index in [0.717, 1.165) is 29.5 Å². The monoisotopic (exact) mass is 572 g/mol. The van der Waals surface area contributed by atoms with Gasteiger partial charge in [0.2, 0.25) is 6.10 Å². The van der Waals surface area contributed by atoms with Crippen molar-refractivity contribution in [2.75, 3.05) is 13.2 Å². The Labute approximate surface area is 240 Å². The Morgan fingerprint density at radius 2 is 1.41 bits per heavy atom. The smallest absolute Gasteiger partial charge is 0.428 e. The molecular weight excluding hydrogens is 533 g/mol. The van der Waals surface area contributed by atoms with Gasteiger partial charge in [-0.05, 0) is 42.9 Å². The lowest BCUT2D eigenvalue weighted by atomic mass is 10.00. The number of benzene rings is 2. The molecule has 2 atom stereocenters. The van der Waals surface area contributed by atoms with Gasteiger partial charge in [0, 0.05) is 12.2 Å². The van der Waals surface area contributed by atoms with E-state index in [4.69, 9.17) is 9.47 Å². The Balaban J connectivity index is 1.55. The molecule has 9 heteroatoms. The van der Waals surface area contributed by atoms with Crippen LogP contribution in [0.1, 0.15) is 64.9 Å². The summed E-state index contributed by atoms with van der Waals surface area (Å²) in [5.41, 5.74) is 4.26. The van der Waals surface area contributed by atoms with Crippen molar-refractivity contribution in [3.05, 3.63) is 66.5 Å². The molecule has 0 aliphatic heterocycles. The molecule has 0 fully saturated rings. The molecule has 0 aliphatic carbocycles. The number of carbonyl (C=O) groups is 1. The number of aryl methyl sites for hydroxylation is 1. The lowest BCUT2D eigenvalue weighted by Crippen LogP contribution is -2.41. The predicted molar refractivity (Wildman–Crippen MR) is 153 cm³/mol. The van der Waals surface area contributed by atoms with Gasteiger partial charge in [0.25, 0.3) is 0 Å². The summed E-state index contributed by atoms with van der Waals surface area (Å²) in [4.78, 5) is 20.5. The molecule has 6 nitrogen and oxygen atoms in total. The summed E-state index contributed by atoms with van der Waals surface area (Å²) in [5, 5.41) is 0. The van der Waals surface area contributed by atoms with Gasteiger partial charge in [-0.15, -0.1) is 0 Å². The number of halogens is 3. The zero-order valence-corrected chi connectivity index (χ0v) is 24.0. The molecule has 41 heavy (non-hydrogen) atoms. The Kier molecular flexibility index (Phi) is 12.6. The molecule has 1 aromatic heterocycles. The van der Waals surface area contributed by atoms with E-state index >= 15 is 0 Å². The number of alkyl halides is 3. The molecule has 0 amide bonds. The van der Waals surface area contributed by atoms with E-state index in [9.17, 15) is 18.0 Å². The van der Waals surface area contributed by atoms with Crippen LogP contribution < -0.4 is 4.74 Å². The minimum atomic E-state index is -4.81. The van der Waals surface area contributed by atoms with E-state index in [-0.39, 0.29) is 12.4 Å². The van der Waals surface area contributed by atoms with Crippen LogP contribution in [-0.4, -0.2) is 47.5 Å². The number of nitrogens with zero attached hydrogens (tertiary/aromatic N) is 2. The molecular formula is C32H39F3N2O4. The number of carbonyl (C=O) groups excluding carboxylic acids is 1. The Morgan fingerprint density at radius 3 is 2.00 bits per heavy atom. The average molecular weight is 573 g/mol. The van der Waals surface area contributed by atoms with Gasteiger partial charge in [0.05, 0.1) is 12.4 Å². The summed E-state index contributed by atoms with van der Waals surface area (Å²) in [6.45, 7) is 4.84. The second-order valence-electron chi connectivity index (χ2n) is 9.97. The predicted octanol–water partition coefficient (Wildman–Crippen LogP) is 7.99. The number of unbranched alkanes of at least 4 members (excludes halogenated alkanes) is 4. The zero-order chi connectivity index (χ0) is 29.7. The number of hydrogen-bond acceptors (Lipinski definition) is 6. The third-order valence-corrected chi connectivity index (χ3v) is 6.60. The fourth-order valence-electron chi connectivity index (χ4n) is 4.05. The van der Waals surface area contributed by atoms with Crippen molar-refractivity contribution < 1.29 is 32.2 Å². The highest BCUT2D eigenvalue weighted by Crippen LogP contribution is 2.26. The summed E-state index contributed by atoms with van der Waals surface area (Å²) in [5.74, 6) is -0.665. The van der Waals surface area contributed by atoms with Gasteiger partial charge in [-0.3, -0.25) is 0 Å². The summed E-state index contributed by atoms with van der Waals surface area (Å²) in [7, 11) is 0. The van der Waals surface area contributed by atoms with E-state index in [1.165, 1.54) is 50.6 Å². The zero-order valence-electron chi connectivity index (χ0n) is 24.0. The Bertz CT molecular complexity index is 1180. The van der Waals surface area contributed by atoms with E-state index in [1.54, 1.807) is 0 Å². The number of esters is 1. The van der Waals surface area contributed by atoms with Crippen LogP contribution in [0.2, 0.25) is 0 Å². The summed E-state index contributed by atoms with van der Waals surface area (Å²) in [6, 6.07) is 16.3. The highest BCUT2D eigenvalue weighted by atomic mass is 19.4. The molecule has 0 aliphatic rings. The number of hydrogen-bond donors (Lipinski definition) is 0. The van der Waals surface area contributed by atoms with Crippen molar-refractivity contribution in [3.63, 3.8) is 0 Å². The third-order valence-electron chi connectivity index (χ3n) is 6.60. The van der Waals surface area contributed by atoms with Gasteiger partial charge < -0.3 is 14.2 Å². The van der Waals surface area contributed by atoms with Crippen LogP contribution in [0.4, 0.5) is 13.2 Å². The van der Waals surface area contributed by atoms with Gasteiger partial charge in [-0.2, -0.15) is 13.2 Å². The van der Waals surface area contributed by atoms with E-state index in [0.29, 0.717) is 12.2 Å². The maximum atomic E-state index is 13.5. The van der Waals surface area contributed by atoms with Crippen molar-refractivity contribution in [1.29, 1.82) is 0 Å². The van der Waals surface area contributed by atoms with Gasteiger partial charge in [0.15, 0.2) is 17.7 Å². The van der Waals surface area contributed by atoms with Crippen LogP contribution in [0.5, 0.6) is 5.75 Å². The second-order valence-corrected chi connectivity index (χ2v) is 9.97. The summed E-state index contributed by atoms with van der Waals surface area (Å²) >= 11 is 0. The molecule has 222 valence electrons. The van der Waals surface area contributed by atoms with Gasteiger partial charge in [-0.25, -0.2) is 14.8 Å². The summed E-state index contributed by atoms with van der Waals surface area (Å²) < 4.78 is 55.5. The van der Waals surface area contributed by atoms with Gasteiger partial charge >= 0.3 is 12.1 Å². The van der Waals surface area contributed by atoms with E-state index < -0.39 is 31.0 Å². The van der Waals surface area contributed by atoms with Crippen molar-refractivity contribution in [1.82, 2.24) is 9.97 Å². The first kappa shape index (κ1) is 32.1. The lowest BCUT2D eigenvalue weighted by Gasteiger charge is -2.22. The van der Waals surface area contributed by atoms with Crippen molar-refractivity contribution in [2.45, 2.75) is 84.1 Å². The SMILES string of the molecule is CCCCCCc1ccc(-c2ccc(-c3ncc(OCC(OC(=O)C(C)OCCCC)C(F)(F)F)cn3)cc2)cc1. The molecule has 0 saturated carbocycles. The van der Waals surface area contributed by atoms with Gasteiger partial charge in [-0.1, -0.05) is 88.1 Å². The van der Waals surface area contributed by atoms with Crippen molar-refractivity contribution >= 4 is 5.97 Å². The van der Waals surface area contributed by atoms with Crippen LogP contribution in [0.25, 0.3) is 22.5 Å². The molecule has 1 heterocycles. The fourth-order valence-corrected chi connectivity index (χ4v) is 4.05. The topological polar surface area (TPSA) is 70.5 Å². The first-order valence-corrected chi connectivity index (χ1v) is 14.2. The fraction of sp³-hybridized carbons (Fsp3) is 0.469. The van der Waals surface area contributed by atoms with Crippen LogP contribution in [-0.2, 0) is 20.7 Å². The number of ether oxygens (including phenoxy) is 3. The lowest BCUT2D eigenvalue weighted by molar-refractivity contribution is -0.231. The molecule has 0 spiro atoms. The molecule has 2 unspecified atom stereocenters. The van der Waals surface area contributed by atoms with E-state index in [2.05, 4.69) is 45.9 Å². The van der Waals surface area contributed by atoms with Crippen LogP contribution in [0.3, 0.4) is 0 Å². The molecule has 3 aromatic rings. The third kappa shape index (κ3) is 10.5. The second kappa shape index (κ2) is 16.1. The Hall–Kier alpha value is -3.46. The first-order valence-electron chi connectivity index (χ1n) is 14.2. The normalized spacial score (nSPS) is 13.0. The molecule has 0 N–H and O–H groups in total. The molecule has 2 aromatic carbocycles. The summed E-state index contributed by atoms with van der Waals surface area (Å²) in [6.07, 6.45) is 1.79. The van der Waals surface area contributed by atoms with Crippen LogP contribution >= 0.6 is 0 Å². The quantitative estimate of drug-likeness (QED) is 0.128. The molecule has 0 bridgehead atoms. The van der Waals surface area contributed by atoms with Crippen LogP contribution in [0.15, 0.2) is 60.9 Å². The van der Waals surface area contributed by atoms with Gasteiger partial charge in [0.1, 0.15) is 6.61 Å². The molecule has 3 rings (SSSR count). The molecule has 0 radical (unpaired) electrons. The van der Waals surface area contributed by atoms with Crippen molar-refractivity contribution in [2.24, 2.45) is 0 Å². The minimum Gasteiger partial charge on any atom is -0.486 e. The standard InChI is InChI=1S/C32H39F3N2O4/c1-4-6-8-9-10-24-11-13-25(14-12-24)26-15-17-27(18-16-26)30-36-20-28(21-37-30)40-22-29(32(33,34)35)41-31(38)23(3)39-19-7-5-2/h11-18,20-21,23,29H,4-10,19,22H2,1-3H3. The largest absolute Gasteiger partial charge is 0.486 e. The highest BCUT2D eigenvalue weighted by molar-refractivity contribution is 5.74. The minimum absolute atomic E-state index is 0.0256. The maximum Gasteiger partial charge on any atom is 0.428 e. The Morgan fingerprint density at radius 1 is 0.829 bits per heavy atom. The molecule has 0 saturated heterocycles. The maximum absolute atomic E-state index is 13.5. The van der Waals surface area contributed by atoms with Crippen LogP contribution in [0, 0.1) is 0 Å². The number of aromatic nitrogens is 2.